The monoisotopic (exact) mass is 208 g/mol. The van der Waals surface area contributed by atoms with Gasteiger partial charge in [-0.25, -0.2) is 8.78 Å². The SMILES string of the molecule is CC1c2ccccc2C2C1CCC2(F)F. The van der Waals surface area contributed by atoms with E-state index in [1.807, 2.05) is 24.3 Å². The van der Waals surface area contributed by atoms with E-state index in [2.05, 4.69) is 6.92 Å². The first-order valence-electron chi connectivity index (χ1n) is 5.58. The van der Waals surface area contributed by atoms with E-state index in [-0.39, 0.29) is 12.3 Å². The predicted octanol–water partition coefficient (Wildman–Crippen LogP) is 3.93. The van der Waals surface area contributed by atoms with Gasteiger partial charge in [0.2, 0.25) is 0 Å². The molecule has 2 aliphatic rings. The molecule has 0 aliphatic heterocycles. The molecule has 3 atom stereocenters. The van der Waals surface area contributed by atoms with Gasteiger partial charge < -0.3 is 0 Å². The van der Waals surface area contributed by atoms with Crippen molar-refractivity contribution in [2.45, 2.75) is 37.5 Å². The van der Waals surface area contributed by atoms with Crippen LogP contribution in [0.3, 0.4) is 0 Å². The molecule has 15 heavy (non-hydrogen) atoms. The Morgan fingerprint density at radius 1 is 1.20 bits per heavy atom. The second kappa shape index (κ2) is 2.81. The first kappa shape index (κ1) is 9.32. The van der Waals surface area contributed by atoms with Gasteiger partial charge in [0.1, 0.15) is 0 Å². The lowest BCUT2D eigenvalue weighted by molar-refractivity contribution is -0.0133. The summed E-state index contributed by atoms with van der Waals surface area (Å²) in [6.07, 6.45) is 0.745. The molecule has 0 amide bonds. The highest BCUT2D eigenvalue weighted by molar-refractivity contribution is 5.42. The van der Waals surface area contributed by atoms with Gasteiger partial charge in [0.05, 0.1) is 5.92 Å². The van der Waals surface area contributed by atoms with Crippen LogP contribution in [0.15, 0.2) is 24.3 Å². The molecule has 1 aromatic rings. The van der Waals surface area contributed by atoms with Crippen molar-refractivity contribution < 1.29 is 8.78 Å². The molecule has 3 rings (SSSR count). The Labute approximate surface area is 88.3 Å². The molecule has 1 aromatic carbocycles. The van der Waals surface area contributed by atoms with Crippen LogP contribution >= 0.6 is 0 Å². The zero-order valence-corrected chi connectivity index (χ0v) is 8.71. The summed E-state index contributed by atoms with van der Waals surface area (Å²) in [6, 6.07) is 7.72. The molecule has 0 nitrogen and oxygen atoms in total. The fourth-order valence-electron chi connectivity index (χ4n) is 3.43. The van der Waals surface area contributed by atoms with Crippen molar-refractivity contribution in [2.75, 3.05) is 0 Å². The maximum absolute atomic E-state index is 13.8. The molecule has 0 N–H and O–H groups in total. The molecule has 1 saturated carbocycles. The predicted molar refractivity (Wildman–Crippen MR) is 55.3 cm³/mol. The van der Waals surface area contributed by atoms with E-state index >= 15 is 0 Å². The number of benzene rings is 1. The summed E-state index contributed by atoms with van der Waals surface area (Å²) in [6.45, 7) is 2.09. The van der Waals surface area contributed by atoms with Crippen molar-refractivity contribution >= 4 is 0 Å². The number of rotatable bonds is 0. The van der Waals surface area contributed by atoms with Gasteiger partial charge in [0.25, 0.3) is 5.92 Å². The lowest BCUT2D eigenvalue weighted by Crippen LogP contribution is -2.21. The molecule has 0 heterocycles. The second-order valence-corrected chi connectivity index (χ2v) is 4.86. The summed E-state index contributed by atoms with van der Waals surface area (Å²) in [7, 11) is 0. The highest BCUT2D eigenvalue weighted by atomic mass is 19.3. The van der Waals surface area contributed by atoms with Crippen molar-refractivity contribution in [1.29, 1.82) is 0 Å². The number of hydrogen-bond acceptors (Lipinski definition) is 0. The molecule has 80 valence electrons. The topological polar surface area (TPSA) is 0 Å². The average molecular weight is 208 g/mol. The highest BCUT2D eigenvalue weighted by Gasteiger charge is 2.56. The summed E-state index contributed by atoms with van der Waals surface area (Å²) in [5.41, 5.74) is 2.05. The van der Waals surface area contributed by atoms with E-state index in [0.29, 0.717) is 12.3 Å². The Balaban J connectivity index is 2.15. The van der Waals surface area contributed by atoms with E-state index in [9.17, 15) is 8.78 Å². The van der Waals surface area contributed by atoms with E-state index < -0.39 is 11.8 Å². The third kappa shape index (κ3) is 1.11. The van der Waals surface area contributed by atoms with Crippen molar-refractivity contribution in [2.24, 2.45) is 5.92 Å². The standard InChI is InChI=1S/C13H14F2/c1-8-9-4-2-3-5-11(9)12-10(8)6-7-13(12,14)15/h2-5,8,10,12H,6-7H2,1H3. The van der Waals surface area contributed by atoms with E-state index in [4.69, 9.17) is 0 Å². The van der Waals surface area contributed by atoms with Gasteiger partial charge in [-0.05, 0) is 29.4 Å². The largest absolute Gasteiger partial charge is 0.255 e. The normalized spacial score (nSPS) is 36.3. The highest BCUT2D eigenvalue weighted by Crippen LogP contribution is 2.60. The van der Waals surface area contributed by atoms with Gasteiger partial charge in [0.15, 0.2) is 0 Å². The summed E-state index contributed by atoms with van der Waals surface area (Å²) in [5, 5.41) is 0. The van der Waals surface area contributed by atoms with Crippen molar-refractivity contribution in [1.82, 2.24) is 0 Å². The van der Waals surface area contributed by atoms with Gasteiger partial charge in [-0.1, -0.05) is 31.2 Å². The Morgan fingerprint density at radius 3 is 2.60 bits per heavy atom. The Kier molecular flexibility index (Phi) is 1.74. The molecule has 2 heteroatoms. The zero-order valence-electron chi connectivity index (χ0n) is 8.71. The van der Waals surface area contributed by atoms with Crippen LogP contribution in [-0.2, 0) is 0 Å². The summed E-state index contributed by atoms with van der Waals surface area (Å²) in [5.74, 6) is -2.52. The van der Waals surface area contributed by atoms with Crippen molar-refractivity contribution in [3.63, 3.8) is 0 Å². The minimum Gasteiger partial charge on any atom is -0.206 e. The van der Waals surface area contributed by atoms with Gasteiger partial charge >= 0.3 is 0 Å². The molecule has 0 bridgehead atoms. The Bertz CT molecular complexity index is 397. The molecular formula is C13H14F2. The van der Waals surface area contributed by atoms with Crippen LogP contribution in [0, 0.1) is 5.92 Å². The smallest absolute Gasteiger partial charge is 0.206 e. The maximum Gasteiger partial charge on any atom is 0.255 e. The van der Waals surface area contributed by atoms with E-state index in [1.54, 1.807) is 0 Å². The van der Waals surface area contributed by atoms with Crippen LogP contribution in [-0.4, -0.2) is 5.92 Å². The van der Waals surface area contributed by atoms with Crippen LogP contribution in [0.4, 0.5) is 8.78 Å². The lowest BCUT2D eigenvalue weighted by atomic mass is 9.90. The van der Waals surface area contributed by atoms with Crippen LogP contribution in [0.1, 0.15) is 42.7 Å². The third-order valence-electron chi connectivity index (χ3n) is 4.16. The molecule has 3 unspecified atom stereocenters. The lowest BCUT2D eigenvalue weighted by Gasteiger charge is -2.19. The van der Waals surface area contributed by atoms with Gasteiger partial charge in [-0.15, -0.1) is 0 Å². The molecule has 0 radical (unpaired) electrons. The molecule has 0 spiro atoms. The third-order valence-corrected chi connectivity index (χ3v) is 4.16. The fourth-order valence-corrected chi connectivity index (χ4v) is 3.43. The van der Waals surface area contributed by atoms with Crippen molar-refractivity contribution in [3.05, 3.63) is 35.4 Å². The fraction of sp³-hybridized carbons (Fsp3) is 0.538. The van der Waals surface area contributed by atoms with Crippen LogP contribution in [0.25, 0.3) is 0 Å². The first-order valence-corrected chi connectivity index (χ1v) is 5.58. The van der Waals surface area contributed by atoms with Gasteiger partial charge in [0, 0.05) is 6.42 Å². The Morgan fingerprint density at radius 2 is 1.87 bits per heavy atom. The molecular weight excluding hydrogens is 194 g/mol. The molecule has 0 aromatic heterocycles. The van der Waals surface area contributed by atoms with Gasteiger partial charge in [-0.2, -0.15) is 0 Å². The number of hydrogen-bond donors (Lipinski definition) is 0. The molecule has 1 fully saturated rings. The average Bonchev–Trinajstić information content (AvgIpc) is 2.67. The zero-order chi connectivity index (χ0) is 10.6. The summed E-state index contributed by atoms with van der Waals surface area (Å²) in [4.78, 5) is 0. The maximum atomic E-state index is 13.8. The minimum atomic E-state index is -2.48. The second-order valence-electron chi connectivity index (χ2n) is 4.86. The summed E-state index contributed by atoms with van der Waals surface area (Å²) >= 11 is 0. The number of alkyl halides is 2. The first-order chi connectivity index (χ1) is 7.11. The summed E-state index contributed by atoms with van der Waals surface area (Å²) < 4.78 is 27.5. The molecule has 0 saturated heterocycles. The van der Waals surface area contributed by atoms with Crippen LogP contribution in [0.5, 0.6) is 0 Å². The number of halogens is 2. The van der Waals surface area contributed by atoms with E-state index in [1.165, 1.54) is 0 Å². The van der Waals surface area contributed by atoms with Crippen molar-refractivity contribution in [3.8, 4) is 0 Å². The number of fused-ring (bicyclic) bond motifs is 3. The minimum absolute atomic E-state index is 0.0704. The molecule has 2 aliphatic carbocycles. The quantitative estimate of drug-likeness (QED) is 0.606. The van der Waals surface area contributed by atoms with Crippen LogP contribution in [0.2, 0.25) is 0 Å². The van der Waals surface area contributed by atoms with E-state index in [0.717, 1.165) is 11.1 Å². The van der Waals surface area contributed by atoms with Gasteiger partial charge in [-0.3, -0.25) is 0 Å². The van der Waals surface area contributed by atoms with Crippen LogP contribution < -0.4 is 0 Å². The Hall–Kier alpha value is -0.920.